The van der Waals surface area contributed by atoms with E-state index in [0.717, 1.165) is 19.4 Å². The van der Waals surface area contributed by atoms with Crippen LogP contribution in [0.3, 0.4) is 0 Å². The van der Waals surface area contributed by atoms with E-state index in [2.05, 4.69) is 20.8 Å². The number of hydrogen-bond acceptors (Lipinski definition) is 7. The van der Waals surface area contributed by atoms with E-state index in [0.29, 0.717) is 32.3 Å². The van der Waals surface area contributed by atoms with Crippen molar-refractivity contribution in [3.8, 4) is 0 Å². The molecule has 2 aliphatic heterocycles. The average molecular weight is 282 g/mol. The van der Waals surface area contributed by atoms with Gasteiger partial charge in [-0.2, -0.15) is 4.98 Å². The molecule has 2 fully saturated rings. The largest absolute Gasteiger partial charge is 0.376 e. The van der Waals surface area contributed by atoms with E-state index < -0.39 is 0 Å². The Morgan fingerprint density at radius 3 is 3.15 bits per heavy atom. The zero-order valence-electron chi connectivity index (χ0n) is 11.1. The first-order chi connectivity index (χ1) is 9.83. The number of amides is 1. The standard InChI is InChI=1S/C12H18N4O4/c17-11(14-6-8-7-18-4-5-19-8)10-15-12(20-16-10)9-2-1-3-13-9/h8-9,13H,1-7H2,(H,14,17). The highest BCUT2D eigenvalue weighted by atomic mass is 16.6. The van der Waals surface area contributed by atoms with E-state index in [-0.39, 0.29) is 23.9 Å². The van der Waals surface area contributed by atoms with Crippen molar-refractivity contribution in [2.45, 2.75) is 25.0 Å². The number of aromatic nitrogens is 2. The first-order valence-corrected chi connectivity index (χ1v) is 6.87. The van der Waals surface area contributed by atoms with Crippen LogP contribution < -0.4 is 10.6 Å². The molecule has 1 aromatic heterocycles. The van der Waals surface area contributed by atoms with E-state index in [1.54, 1.807) is 0 Å². The minimum Gasteiger partial charge on any atom is -0.376 e. The molecule has 2 N–H and O–H groups in total. The fraction of sp³-hybridized carbons (Fsp3) is 0.750. The molecular weight excluding hydrogens is 264 g/mol. The zero-order chi connectivity index (χ0) is 13.8. The van der Waals surface area contributed by atoms with Gasteiger partial charge in [0.05, 0.1) is 32.0 Å². The van der Waals surface area contributed by atoms with Gasteiger partial charge in [-0.3, -0.25) is 4.79 Å². The van der Waals surface area contributed by atoms with Crippen molar-refractivity contribution < 1.29 is 18.8 Å². The summed E-state index contributed by atoms with van der Waals surface area (Å²) in [7, 11) is 0. The van der Waals surface area contributed by atoms with Gasteiger partial charge in [0.1, 0.15) is 0 Å². The third-order valence-corrected chi connectivity index (χ3v) is 3.38. The Kier molecular flexibility index (Phi) is 4.24. The second kappa shape index (κ2) is 6.29. The lowest BCUT2D eigenvalue weighted by atomic mass is 10.2. The van der Waals surface area contributed by atoms with Crippen molar-refractivity contribution in [3.63, 3.8) is 0 Å². The predicted octanol–water partition coefficient (Wildman–Crippen LogP) is -0.361. The van der Waals surface area contributed by atoms with Crippen LogP contribution in [0.5, 0.6) is 0 Å². The Bertz CT molecular complexity index is 452. The Labute approximate surface area is 116 Å². The van der Waals surface area contributed by atoms with Crippen LogP contribution >= 0.6 is 0 Å². The summed E-state index contributed by atoms with van der Waals surface area (Å²) in [5, 5.41) is 9.68. The molecule has 20 heavy (non-hydrogen) atoms. The molecule has 0 bridgehead atoms. The van der Waals surface area contributed by atoms with Crippen LogP contribution in [0.25, 0.3) is 0 Å². The molecule has 0 aromatic carbocycles. The van der Waals surface area contributed by atoms with Crippen molar-refractivity contribution >= 4 is 5.91 Å². The summed E-state index contributed by atoms with van der Waals surface area (Å²) in [6.07, 6.45) is 1.92. The van der Waals surface area contributed by atoms with Gasteiger partial charge in [-0.1, -0.05) is 5.16 Å². The highest BCUT2D eigenvalue weighted by molar-refractivity contribution is 5.90. The molecule has 2 atom stereocenters. The SMILES string of the molecule is O=C(NCC1COCCO1)c1noc(C2CCCN2)n1. The number of hydrogen-bond donors (Lipinski definition) is 2. The molecule has 1 aromatic rings. The van der Waals surface area contributed by atoms with Crippen molar-refractivity contribution in [2.75, 3.05) is 32.9 Å². The van der Waals surface area contributed by atoms with Crippen molar-refractivity contribution in [3.05, 3.63) is 11.7 Å². The highest BCUT2D eigenvalue weighted by Gasteiger charge is 2.24. The van der Waals surface area contributed by atoms with Crippen LogP contribution in [0.1, 0.15) is 35.4 Å². The van der Waals surface area contributed by atoms with Crippen LogP contribution in [-0.2, 0) is 9.47 Å². The van der Waals surface area contributed by atoms with Gasteiger partial charge in [-0.25, -0.2) is 0 Å². The zero-order valence-corrected chi connectivity index (χ0v) is 11.1. The summed E-state index contributed by atoms with van der Waals surface area (Å²) in [5.41, 5.74) is 0. The molecule has 2 aliphatic rings. The maximum Gasteiger partial charge on any atom is 0.292 e. The molecule has 2 unspecified atom stereocenters. The van der Waals surface area contributed by atoms with Crippen molar-refractivity contribution in [1.29, 1.82) is 0 Å². The average Bonchev–Trinajstić information content (AvgIpc) is 3.16. The Morgan fingerprint density at radius 2 is 2.40 bits per heavy atom. The van der Waals surface area contributed by atoms with E-state index in [1.165, 1.54) is 0 Å². The Hall–Kier alpha value is -1.51. The van der Waals surface area contributed by atoms with Gasteiger partial charge in [0.15, 0.2) is 0 Å². The van der Waals surface area contributed by atoms with Gasteiger partial charge in [-0.05, 0) is 19.4 Å². The second-order valence-electron chi connectivity index (χ2n) is 4.88. The number of carbonyl (C=O) groups excluding carboxylic acids is 1. The third-order valence-electron chi connectivity index (χ3n) is 3.38. The summed E-state index contributed by atoms with van der Waals surface area (Å²) >= 11 is 0. The first kappa shape index (κ1) is 13.5. The third kappa shape index (κ3) is 3.14. The summed E-state index contributed by atoms with van der Waals surface area (Å²) in [5.74, 6) is 0.183. The first-order valence-electron chi connectivity index (χ1n) is 6.87. The smallest absolute Gasteiger partial charge is 0.292 e. The molecular formula is C12H18N4O4. The maximum absolute atomic E-state index is 11.9. The number of nitrogens with one attached hydrogen (secondary N) is 2. The summed E-state index contributed by atoms with van der Waals surface area (Å²) in [4.78, 5) is 16.0. The number of ether oxygens (including phenoxy) is 2. The molecule has 0 saturated carbocycles. The fourth-order valence-corrected chi connectivity index (χ4v) is 2.30. The molecule has 3 rings (SSSR count). The van der Waals surface area contributed by atoms with Crippen LogP contribution in [0.15, 0.2) is 4.52 Å². The van der Waals surface area contributed by atoms with Crippen LogP contribution in [0, 0.1) is 0 Å². The molecule has 8 heteroatoms. The van der Waals surface area contributed by atoms with E-state index in [9.17, 15) is 4.79 Å². The predicted molar refractivity (Wildman–Crippen MR) is 67.2 cm³/mol. The molecule has 0 radical (unpaired) electrons. The van der Waals surface area contributed by atoms with Gasteiger partial charge in [-0.15, -0.1) is 0 Å². The van der Waals surface area contributed by atoms with E-state index in [4.69, 9.17) is 14.0 Å². The quantitative estimate of drug-likeness (QED) is 0.778. The van der Waals surface area contributed by atoms with Crippen LogP contribution in [0.4, 0.5) is 0 Å². The number of rotatable bonds is 4. The van der Waals surface area contributed by atoms with E-state index >= 15 is 0 Å². The Morgan fingerprint density at radius 1 is 1.45 bits per heavy atom. The summed E-state index contributed by atoms with van der Waals surface area (Å²) < 4.78 is 15.8. The minimum atomic E-state index is -0.354. The molecule has 2 saturated heterocycles. The van der Waals surface area contributed by atoms with Crippen molar-refractivity contribution in [1.82, 2.24) is 20.8 Å². The second-order valence-corrected chi connectivity index (χ2v) is 4.88. The van der Waals surface area contributed by atoms with Crippen LogP contribution in [-0.4, -0.2) is 55.1 Å². The highest BCUT2D eigenvalue weighted by Crippen LogP contribution is 2.20. The maximum atomic E-state index is 11.9. The Balaban J connectivity index is 1.51. The lowest BCUT2D eigenvalue weighted by molar-refractivity contribution is -0.0855. The fourth-order valence-electron chi connectivity index (χ4n) is 2.30. The molecule has 1 amide bonds. The van der Waals surface area contributed by atoms with Gasteiger partial charge in [0.25, 0.3) is 11.7 Å². The van der Waals surface area contributed by atoms with Gasteiger partial charge >= 0.3 is 0 Å². The molecule has 0 spiro atoms. The lowest BCUT2D eigenvalue weighted by Crippen LogP contribution is -2.40. The van der Waals surface area contributed by atoms with Crippen LogP contribution in [0.2, 0.25) is 0 Å². The summed E-state index contributed by atoms with van der Waals surface area (Å²) in [6, 6.07) is 0.0686. The summed E-state index contributed by atoms with van der Waals surface area (Å²) in [6.45, 7) is 2.97. The van der Waals surface area contributed by atoms with Gasteiger partial charge < -0.3 is 24.6 Å². The van der Waals surface area contributed by atoms with Gasteiger partial charge in [0, 0.05) is 6.54 Å². The normalized spacial score (nSPS) is 26.6. The monoisotopic (exact) mass is 282 g/mol. The minimum absolute atomic E-state index is 0.0606. The topological polar surface area (TPSA) is 98.5 Å². The molecule has 110 valence electrons. The molecule has 0 aliphatic carbocycles. The lowest BCUT2D eigenvalue weighted by Gasteiger charge is -2.22. The van der Waals surface area contributed by atoms with Gasteiger partial charge in [0.2, 0.25) is 5.89 Å². The van der Waals surface area contributed by atoms with E-state index in [1.807, 2.05) is 0 Å². The van der Waals surface area contributed by atoms with Crippen molar-refractivity contribution in [2.24, 2.45) is 0 Å². The molecule has 3 heterocycles. The number of carbonyl (C=O) groups is 1. The number of nitrogens with zero attached hydrogens (tertiary/aromatic N) is 2. The molecule has 8 nitrogen and oxygen atoms in total.